The highest BCUT2D eigenvalue weighted by atomic mass is 79.9. The van der Waals surface area contributed by atoms with Crippen molar-refractivity contribution in [3.05, 3.63) is 52.3 Å². The number of nitrogen functional groups attached to an aromatic ring is 1. The van der Waals surface area contributed by atoms with Gasteiger partial charge in [-0.1, -0.05) is 15.9 Å². The number of nitrogens with two attached hydrogens (primary N) is 1. The molecule has 0 saturated heterocycles. The van der Waals surface area contributed by atoms with Gasteiger partial charge in [0.05, 0.1) is 5.56 Å². The summed E-state index contributed by atoms with van der Waals surface area (Å²) in [5, 5.41) is 2.49. The van der Waals surface area contributed by atoms with Gasteiger partial charge in [0.1, 0.15) is 5.75 Å². The topological polar surface area (TPSA) is 64.4 Å². The number of anilines is 1. The number of hydrogen-bond acceptors (Lipinski definition) is 3. The molecule has 0 aliphatic heterocycles. The Morgan fingerprint density at radius 1 is 1.25 bits per heavy atom. The maximum Gasteiger partial charge on any atom is 0.254 e. The fraction of sp³-hybridized carbons (Fsp3) is 0.0714. The Morgan fingerprint density at radius 3 is 2.70 bits per heavy atom. The summed E-state index contributed by atoms with van der Waals surface area (Å²) in [5.41, 5.74) is 6.37. The Kier molecular flexibility index (Phi) is 4.24. The Bertz CT molecular complexity index is 662. The van der Waals surface area contributed by atoms with Gasteiger partial charge in [0.15, 0.2) is 11.6 Å². The van der Waals surface area contributed by atoms with Crippen LogP contribution < -0.4 is 15.8 Å². The summed E-state index contributed by atoms with van der Waals surface area (Å²) in [6.07, 6.45) is 0. The molecule has 20 heavy (non-hydrogen) atoms. The number of benzene rings is 2. The van der Waals surface area contributed by atoms with Gasteiger partial charge in [0, 0.05) is 23.3 Å². The standard InChI is InChI=1S/C14H12BrFN2O2/c1-18-14(19)10-4-3-9(17)7-12(10)20-13-6-8(15)2-5-11(13)16/h2-7H,17H2,1H3,(H,18,19). The largest absolute Gasteiger partial charge is 0.453 e. The van der Waals surface area contributed by atoms with E-state index in [0.29, 0.717) is 10.2 Å². The van der Waals surface area contributed by atoms with Gasteiger partial charge >= 0.3 is 0 Å². The van der Waals surface area contributed by atoms with Crippen LogP contribution in [0.15, 0.2) is 40.9 Å². The van der Waals surface area contributed by atoms with Crippen molar-refractivity contribution in [2.45, 2.75) is 0 Å². The molecule has 0 aromatic heterocycles. The van der Waals surface area contributed by atoms with Crippen LogP contribution in [-0.2, 0) is 0 Å². The van der Waals surface area contributed by atoms with Crippen molar-refractivity contribution in [1.82, 2.24) is 5.32 Å². The number of rotatable bonds is 3. The van der Waals surface area contributed by atoms with E-state index in [2.05, 4.69) is 21.2 Å². The molecule has 0 radical (unpaired) electrons. The van der Waals surface area contributed by atoms with Crippen molar-refractivity contribution in [1.29, 1.82) is 0 Å². The van der Waals surface area contributed by atoms with E-state index in [-0.39, 0.29) is 23.0 Å². The lowest BCUT2D eigenvalue weighted by molar-refractivity contribution is 0.0960. The molecule has 0 saturated carbocycles. The van der Waals surface area contributed by atoms with Crippen molar-refractivity contribution < 1.29 is 13.9 Å². The Hall–Kier alpha value is -2.08. The molecule has 3 N–H and O–H groups in total. The van der Waals surface area contributed by atoms with Crippen molar-refractivity contribution in [3.63, 3.8) is 0 Å². The number of amides is 1. The van der Waals surface area contributed by atoms with Crippen molar-refractivity contribution in [2.75, 3.05) is 12.8 Å². The van der Waals surface area contributed by atoms with Crippen LogP contribution in [0.25, 0.3) is 0 Å². The number of nitrogens with one attached hydrogen (secondary N) is 1. The molecule has 0 unspecified atom stereocenters. The molecule has 4 nitrogen and oxygen atoms in total. The molecule has 0 atom stereocenters. The summed E-state index contributed by atoms with van der Waals surface area (Å²) in [6, 6.07) is 8.89. The first-order chi connectivity index (χ1) is 9.51. The highest BCUT2D eigenvalue weighted by Crippen LogP contribution is 2.31. The highest BCUT2D eigenvalue weighted by Gasteiger charge is 2.14. The minimum absolute atomic E-state index is 0.00938. The average molecular weight is 339 g/mol. The van der Waals surface area contributed by atoms with Crippen molar-refractivity contribution >= 4 is 27.5 Å². The van der Waals surface area contributed by atoms with Gasteiger partial charge in [0.2, 0.25) is 0 Å². The second-order valence-corrected chi connectivity index (χ2v) is 4.93. The molecule has 6 heteroatoms. The number of ether oxygens (including phenoxy) is 1. The number of hydrogen-bond donors (Lipinski definition) is 2. The second kappa shape index (κ2) is 5.92. The highest BCUT2D eigenvalue weighted by molar-refractivity contribution is 9.10. The van der Waals surface area contributed by atoms with Crippen LogP contribution in [0, 0.1) is 5.82 Å². The van der Waals surface area contributed by atoms with E-state index in [0.717, 1.165) is 0 Å². The van der Waals surface area contributed by atoms with Gasteiger partial charge in [-0.3, -0.25) is 4.79 Å². The zero-order valence-electron chi connectivity index (χ0n) is 10.6. The number of carbonyl (C=O) groups is 1. The molecule has 104 valence electrons. The molecule has 0 fully saturated rings. The molecule has 0 aliphatic carbocycles. The van der Waals surface area contributed by atoms with E-state index in [4.69, 9.17) is 10.5 Å². The molecular weight excluding hydrogens is 327 g/mol. The minimum Gasteiger partial charge on any atom is -0.453 e. The van der Waals surface area contributed by atoms with Gasteiger partial charge < -0.3 is 15.8 Å². The van der Waals surface area contributed by atoms with Gasteiger partial charge in [-0.2, -0.15) is 0 Å². The van der Waals surface area contributed by atoms with E-state index in [1.807, 2.05) is 0 Å². The summed E-state index contributed by atoms with van der Waals surface area (Å²) in [5.74, 6) is -0.662. The first-order valence-corrected chi connectivity index (χ1v) is 6.55. The Morgan fingerprint density at radius 2 is 2.00 bits per heavy atom. The molecule has 2 aromatic rings. The fourth-order valence-corrected chi connectivity index (χ4v) is 1.96. The van der Waals surface area contributed by atoms with E-state index < -0.39 is 5.82 Å². The summed E-state index contributed by atoms with van der Waals surface area (Å²) in [7, 11) is 1.50. The quantitative estimate of drug-likeness (QED) is 0.843. The molecule has 0 spiro atoms. The van der Waals surface area contributed by atoms with Gasteiger partial charge in [-0.25, -0.2) is 4.39 Å². The molecule has 0 bridgehead atoms. The summed E-state index contributed by atoms with van der Waals surface area (Å²) >= 11 is 3.23. The SMILES string of the molecule is CNC(=O)c1ccc(N)cc1Oc1cc(Br)ccc1F. The van der Waals surface area contributed by atoms with Crippen molar-refractivity contribution in [2.24, 2.45) is 0 Å². The van der Waals surface area contributed by atoms with Gasteiger partial charge in [-0.15, -0.1) is 0 Å². The third-order valence-electron chi connectivity index (χ3n) is 2.59. The summed E-state index contributed by atoms with van der Waals surface area (Å²) in [4.78, 5) is 11.8. The lowest BCUT2D eigenvalue weighted by Crippen LogP contribution is -2.18. The normalized spacial score (nSPS) is 10.2. The number of halogens is 2. The van der Waals surface area contributed by atoms with E-state index in [9.17, 15) is 9.18 Å². The van der Waals surface area contributed by atoms with Crippen molar-refractivity contribution in [3.8, 4) is 11.5 Å². The third kappa shape index (κ3) is 3.08. The molecule has 1 amide bonds. The lowest BCUT2D eigenvalue weighted by Gasteiger charge is -2.12. The van der Waals surface area contributed by atoms with Gasteiger partial charge in [0.25, 0.3) is 5.91 Å². The third-order valence-corrected chi connectivity index (χ3v) is 3.08. The monoisotopic (exact) mass is 338 g/mol. The maximum atomic E-state index is 13.7. The van der Waals surface area contributed by atoms with Gasteiger partial charge in [-0.05, 0) is 30.3 Å². The van der Waals surface area contributed by atoms with E-state index >= 15 is 0 Å². The van der Waals surface area contributed by atoms with Crippen LogP contribution in [0.3, 0.4) is 0 Å². The average Bonchev–Trinajstić information content (AvgIpc) is 2.42. The first-order valence-electron chi connectivity index (χ1n) is 5.76. The minimum atomic E-state index is -0.529. The summed E-state index contributed by atoms with van der Waals surface area (Å²) < 4.78 is 19.8. The molecule has 2 aromatic carbocycles. The Balaban J connectivity index is 2.44. The molecule has 2 rings (SSSR count). The Labute approximate surface area is 123 Å². The van der Waals surface area contributed by atoms with Crippen LogP contribution in [0.4, 0.5) is 10.1 Å². The van der Waals surface area contributed by atoms with Crippen LogP contribution >= 0.6 is 15.9 Å². The van der Waals surface area contributed by atoms with E-state index in [1.165, 1.54) is 31.3 Å². The number of carbonyl (C=O) groups excluding carboxylic acids is 1. The van der Waals surface area contributed by atoms with Crippen LogP contribution in [0.2, 0.25) is 0 Å². The molecule has 0 aliphatic rings. The predicted octanol–water partition coefficient (Wildman–Crippen LogP) is 3.32. The zero-order valence-corrected chi connectivity index (χ0v) is 12.2. The lowest BCUT2D eigenvalue weighted by atomic mass is 10.1. The van der Waals surface area contributed by atoms with E-state index in [1.54, 1.807) is 12.1 Å². The van der Waals surface area contributed by atoms with Crippen LogP contribution in [0.1, 0.15) is 10.4 Å². The summed E-state index contributed by atoms with van der Waals surface area (Å²) in [6.45, 7) is 0. The second-order valence-electron chi connectivity index (χ2n) is 4.01. The molecule has 0 heterocycles. The van der Waals surface area contributed by atoms with Crippen LogP contribution in [0.5, 0.6) is 11.5 Å². The predicted molar refractivity (Wildman–Crippen MR) is 78.4 cm³/mol. The molecular formula is C14H12BrFN2O2. The smallest absolute Gasteiger partial charge is 0.254 e. The van der Waals surface area contributed by atoms with Crippen LogP contribution in [-0.4, -0.2) is 13.0 Å². The first kappa shape index (κ1) is 14.3. The fourth-order valence-electron chi connectivity index (χ4n) is 1.62. The maximum absolute atomic E-state index is 13.7. The zero-order chi connectivity index (χ0) is 14.7.